The van der Waals surface area contributed by atoms with Gasteiger partial charge in [-0.25, -0.2) is 9.50 Å². The molecule has 0 saturated carbocycles. The monoisotopic (exact) mass is 510 g/mol. The fraction of sp³-hybridized carbons (Fsp3) is 0.269. The Bertz CT molecular complexity index is 1550. The Kier molecular flexibility index (Phi) is 6.47. The van der Waals surface area contributed by atoms with Gasteiger partial charge in [0.2, 0.25) is 0 Å². The maximum Gasteiger partial charge on any atom is 0.269 e. The summed E-state index contributed by atoms with van der Waals surface area (Å²) in [6.45, 7) is 5.18. The van der Waals surface area contributed by atoms with E-state index in [0.717, 1.165) is 59.5 Å². The molecular weight excluding hydrogens is 487 g/mol. The van der Waals surface area contributed by atoms with Gasteiger partial charge in [0, 0.05) is 28.9 Å². The van der Waals surface area contributed by atoms with Crippen molar-refractivity contribution in [3.05, 3.63) is 80.9 Å². The molecule has 1 atom stereocenters. The highest BCUT2D eigenvalue weighted by Gasteiger charge is 2.21. The van der Waals surface area contributed by atoms with Crippen LogP contribution in [0.25, 0.3) is 28.0 Å². The topological polar surface area (TPSA) is 48.3 Å². The van der Waals surface area contributed by atoms with E-state index in [-0.39, 0.29) is 5.92 Å². The lowest BCUT2D eigenvalue weighted by molar-refractivity contribution is 0.507. The maximum atomic E-state index is 6.51. The van der Waals surface area contributed by atoms with Gasteiger partial charge in [-0.1, -0.05) is 49.2 Å². The molecule has 5 aromatic rings. The van der Waals surface area contributed by atoms with E-state index in [2.05, 4.69) is 18.4 Å². The predicted molar refractivity (Wildman–Crippen MR) is 141 cm³/mol. The molecule has 0 amide bonds. The minimum atomic E-state index is 0.281. The molecule has 2 aromatic carbocycles. The van der Waals surface area contributed by atoms with Gasteiger partial charge < -0.3 is 4.42 Å². The van der Waals surface area contributed by atoms with Gasteiger partial charge in [-0.15, -0.1) is 0 Å². The Labute approximate surface area is 212 Å². The number of aryl methyl sites for hydroxylation is 2. The summed E-state index contributed by atoms with van der Waals surface area (Å²) in [6.07, 6.45) is 4.59. The van der Waals surface area contributed by atoms with Crippen LogP contribution in [-0.2, 0) is 13.0 Å². The van der Waals surface area contributed by atoms with E-state index in [1.54, 1.807) is 6.07 Å². The minimum absolute atomic E-state index is 0.281. The van der Waals surface area contributed by atoms with Crippen molar-refractivity contribution in [2.75, 3.05) is 0 Å². The van der Waals surface area contributed by atoms with E-state index in [4.69, 9.17) is 49.9 Å². The van der Waals surface area contributed by atoms with Crippen molar-refractivity contribution >= 4 is 52.2 Å². The van der Waals surface area contributed by atoms with Crippen molar-refractivity contribution in [3.63, 3.8) is 0 Å². The quantitative estimate of drug-likeness (QED) is 0.207. The van der Waals surface area contributed by atoms with E-state index >= 15 is 0 Å². The van der Waals surface area contributed by atoms with Gasteiger partial charge in [0.1, 0.15) is 0 Å². The first-order valence-corrected chi connectivity index (χ1v) is 12.5. The number of oxazole rings is 1. The van der Waals surface area contributed by atoms with Crippen molar-refractivity contribution in [2.24, 2.45) is 0 Å². The highest BCUT2D eigenvalue weighted by Crippen LogP contribution is 2.34. The van der Waals surface area contributed by atoms with Crippen molar-refractivity contribution in [1.29, 1.82) is 0 Å². The van der Waals surface area contributed by atoms with Crippen molar-refractivity contribution in [1.82, 2.24) is 19.2 Å². The summed E-state index contributed by atoms with van der Waals surface area (Å²) in [5, 5.41) is 6.13. The lowest BCUT2D eigenvalue weighted by atomic mass is 9.95. The number of nitrogens with zero attached hydrogens (tertiary/aromatic N) is 4. The van der Waals surface area contributed by atoms with Gasteiger partial charge in [-0.3, -0.25) is 4.57 Å². The first-order valence-electron chi connectivity index (χ1n) is 11.4. The molecule has 0 aliphatic carbocycles. The van der Waals surface area contributed by atoms with E-state index in [9.17, 15) is 0 Å². The number of aromatic nitrogens is 4. The van der Waals surface area contributed by atoms with Gasteiger partial charge in [-0.05, 0) is 73.8 Å². The fourth-order valence-corrected chi connectivity index (χ4v) is 5.38. The zero-order chi connectivity index (χ0) is 23.8. The Balaban J connectivity index is 1.44. The molecule has 0 fully saturated rings. The first kappa shape index (κ1) is 23.1. The number of rotatable bonds is 7. The molecule has 3 aromatic heterocycles. The van der Waals surface area contributed by atoms with Gasteiger partial charge in [0.05, 0.1) is 21.9 Å². The Morgan fingerprint density at radius 3 is 2.74 bits per heavy atom. The average molecular weight is 511 g/mol. The zero-order valence-electron chi connectivity index (χ0n) is 19.0. The van der Waals surface area contributed by atoms with Crippen LogP contribution in [0.15, 0.2) is 59.1 Å². The summed E-state index contributed by atoms with van der Waals surface area (Å²) in [4.78, 5) is 5.23. The predicted octanol–water partition coefficient (Wildman–Crippen LogP) is 8.13. The summed E-state index contributed by atoms with van der Waals surface area (Å²) in [5.74, 6) is 0.281. The number of para-hydroxylation sites is 2. The van der Waals surface area contributed by atoms with Crippen LogP contribution < -0.4 is 0 Å². The third-order valence-electron chi connectivity index (χ3n) is 6.26. The van der Waals surface area contributed by atoms with Crippen LogP contribution >= 0.6 is 35.4 Å². The lowest BCUT2D eigenvalue weighted by Gasteiger charge is -2.13. The molecule has 0 radical (unpaired) electrons. The molecule has 0 saturated heterocycles. The summed E-state index contributed by atoms with van der Waals surface area (Å²) >= 11 is 18.1. The lowest BCUT2D eigenvalue weighted by Crippen LogP contribution is -2.03. The molecule has 5 rings (SSSR count). The molecule has 34 heavy (non-hydrogen) atoms. The van der Waals surface area contributed by atoms with E-state index in [0.29, 0.717) is 14.9 Å². The number of hydrogen-bond donors (Lipinski definition) is 0. The molecule has 0 bridgehead atoms. The number of fused-ring (bicyclic) bond motifs is 2. The molecule has 8 heteroatoms. The van der Waals surface area contributed by atoms with Gasteiger partial charge in [0.25, 0.3) is 4.84 Å². The molecule has 5 nitrogen and oxygen atoms in total. The summed E-state index contributed by atoms with van der Waals surface area (Å²) in [6, 6.07) is 15.4. The number of halogens is 2. The van der Waals surface area contributed by atoms with Crippen LogP contribution in [0, 0.1) is 4.84 Å². The van der Waals surface area contributed by atoms with Crippen LogP contribution in [0.4, 0.5) is 0 Å². The van der Waals surface area contributed by atoms with E-state index < -0.39 is 0 Å². The normalized spacial score (nSPS) is 12.6. The molecule has 0 aliphatic heterocycles. The summed E-state index contributed by atoms with van der Waals surface area (Å²) < 4.78 is 9.72. The third-order valence-corrected chi connectivity index (χ3v) is 7.11. The second-order valence-electron chi connectivity index (χ2n) is 8.43. The molecule has 0 aliphatic rings. The highest BCUT2D eigenvalue weighted by molar-refractivity contribution is 7.71. The number of hydrogen-bond acceptors (Lipinski definition) is 4. The smallest absolute Gasteiger partial charge is 0.269 e. The molecule has 3 heterocycles. The van der Waals surface area contributed by atoms with Gasteiger partial charge in [0.15, 0.2) is 11.2 Å². The van der Waals surface area contributed by atoms with Crippen molar-refractivity contribution in [2.45, 2.75) is 45.6 Å². The SMILES string of the molecule is CCc1nn2c(-c3ccc(Cl)cc3Cl)ccnc2c1C(C)CCCn1c(=S)oc2ccccc21. The Morgan fingerprint density at radius 1 is 1.12 bits per heavy atom. The third kappa shape index (κ3) is 4.15. The van der Waals surface area contributed by atoms with Crippen LogP contribution in [-0.4, -0.2) is 19.2 Å². The highest BCUT2D eigenvalue weighted by atomic mass is 35.5. The molecule has 174 valence electrons. The van der Waals surface area contributed by atoms with Crippen LogP contribution in [0.5, 0.6) is 0 Å². The Morgan fingerprint density at radius 2 is 1.94 bits per heavy atom. The van der Waals surface area contributed by atoms with Gasteiger partial charge in [-0.2, -0.15) is 5.10 Å². The fourth-order valence-electron chi connectivity index (χ4n) is 4.60. The molecular formula is C26H24Cl2N4OS. The van der Waals surface area contributed by atoms with Gasteiger partial charge >= 0.3 is 0 Å². The zero-order valence-corrected chi connectivity index (χ0v) is 21.3. The van der Waals surface area contributed by atoms with Crippen LogP contribution in [0.1, 0.15) is 43.9 Å². The largest absolute Gasteiger partial charge is 0.429 e. The van der Waals surface area contributed by atoms with Crippen molar-refractivity contribution < 1.29 is 4.42 Å². The average Bonchev–Trinajstić information content (AvgIpc) is 3.36. The molecule has 0 spiro atoms. The number of benzene rings is 2. The maximum absolute atomic E-state index is 6.51. The van der Waals surface area contributed by atoms with E-state index in [1.807, 2.05) is 53.2 Å². The molecule has 1 unspecified atom stereocenters. The standard InChI is InChI=1S/C26H24Cl2N4OS/c1-3-20-24(16(2)7-6-14-31-22-8-4-5-9-23(22)33-26(31)34)25-29-13-12-21(32(25)30-20)18-11-10-17(27)15-19(18)28/h4-5,8-13,15-16H,3,6-7,14H2,1-2H3. The Hall–Kier alpha value is -2.67. The minimum Gasteiger partial charge on any atom is -0.429 e. The first-order chi connectivity index (χ1) is 16.5. The van der Waals surface area contributed by atoms with Crippen LogP contribution in [0.2, 0.25) is 10.0 Å². The van der Waals surface area contributed by atoms with Crippen LogP contribution in [0.3, 0.4) is 0 Å². The second kappa shape index (κ2) is 9.53. The van der Waals surface area contributed by atoms with Crippen molar-refractivity contribution in [3.8, 4) is 11.3 Å². The summed E-state index contributed by atoms with van der Waals surface area (Å²) in [7, 11) is 0. The second-order valence-corrected chi connectivity index (χ2v) is 9.63. The van der Waals surface area contributed by atoms with E-state index in [1.165, 1.54) is 5.56 Å². The summed E-state index contributed by atoms with van der Waals surface area (Å²) in [5.41, 5.74) is 6.77. The molecule has 0 N–H and O–H groups in total.